The molecule has 0 amide bonds. The van der Waals surface area contributed by atoms with Gasteiger partial charge in [-0.05, 0) is 72.8 Å². The van der Waals surface area contributed by atoms with E-state index >= 15 is 0 Å². The Balaban J connectivity index is 1.15. The van der Waals surface area contributed by atoms with Crippen LogP contribution in [0.15, 0.2) is 105 Å². The summed E-state index contributed by atoms with van der Waals surface area (Å²) >= 11 is 0. The number of benzene rings is 4. The molecule has 0 bridgehead atoms. The molecule has 4 aromatic rings. The summed E-state index contributed by atoms with van der Waals surface area (Å²) in [5, 5.41) is 36.5. The second-order valence-electron chi connectivity index (χ2n) is 8.90. The number of rotatable bonds is 6. The largest absolute Gasteiger partial charge is 0.506 e. The average Bonchev–Trinajstić information content (AvgIpc) is 2.93. The summed E-state index contributed by atoms with van der Waals surface area (Å²) in [4.78, 5) is 4.68. The summed E-state index contributed by atoms with van der Waals surface area (Å²) in [6, 6.07) is 25.3. The number of anilines is 4. The molecule has 1 heterocycles. The molecule has 0 saturated carbocycles. The number of aromatic hydroxyl groups is 2. The lowest BCUT2D eigenvalue weighted by atomic mass is 10.2. The molecule has 192 valence electrons. The van der Waals surface area contributed by atoms with Crippen molar-refractivity contribution in [2.45, 2.75) is 0 Å². The van der Waals surface area contributed by atoms with Gasteiger partial charge in [-0.25, -0.2) is 0 Å². The van der Waals surface area contributed by atoms with E-state index in [4.69, 9.17) is 11.5 Å². The third-order valence-corrected chi connectivity index (χ3v) is 6.25. The van der Waals surface area contributed by atoms with Crippen LogP contribution in [-0.4, -0.2) is 36.4 Å². The Morgan fingerprint density at radius 1 is 0.500 bits per heavy atom. The molecule has 6 N–H and O–H groups in total. The Hall–Kier alpha value is -5.12. The molecule has 1 aliphatic heterocycles. The van der Waals surface area contributed by atoms with Crippen LogP contribution < -0.4 is 21.3 Å². The van der Waals surface area contributed by atoms with E-state index < -0.39 is 0 Å². The van der Waals surface area contributed by atoms with E-state index in [9.17, 15) is 10.2 Å². The van der Waals surface area contributed by atoms with Gasteiger partial charge in [0.15, 0.2) is 0 Å². The first kappa shape index (κ1) is 24.6. The molecule has 0 atom stereocenters. The molecule has 0 aromatic heterocycles. The minimum absolute atomic E-state index is 0.000674. The summed E-state index contributed by atoms with van der Waals surface area (Å²) in [6.45, 7) is 3.55. The minimum atomic E-state index is 0.000674. The van der Waals surface area contributed by atoms with E-state index in [1.165, 1.54) is 12.1 Å². The number of nitrogens with two attached hydrogens (primary N) is 2. The van der Waals surface area contributed by atoms with Crippen molar-refractivity contribution in [3.8, 4) is 11.5 Å². The maximum atomic E-state index is 9.92. The van der Waals surface area contributed by atoms with Crippen molar-refractivity contribution in [1.82, 2.24) is 0 Å². The van der Waals surface area contributed by atoms with Gasteiger partial charge in [0.2, 0.25) is 0 Å². The van der Waals surface area contributed by atoms with Crippen molar-refractivity contribution in [3.63, 3.8) is 0 Å². The van der Waals surface area contributed by atoms with Crippen LogP contribution in [0.5, 0.6) is 11.5 Å². The summed E-state index contributed by atoms with van der Waals surface area (Å²) < 4.78 is 0. The van der Waals surface area contributed by atoms with Gasteiger partial charge in [0.1, 0.15) is 22.9 Å². The van der Waals surface area contributed by atoms with Gasteiger partial charge in [-0.2, -0.15) is 10.2 Å². The van der Waals surface area contributed by atoms with Gasteiger partial charge in [-0.15, -0.1) is 10.2 Å². The fourth-order valence-electron chi connectivity index (χ4n) is 4.16. The van der Waals surface area contributed by atoms with E-state index in [0.29, 0.717) is 34.1 Å². The minimum Gasteiger partial charge on any atom is -0.506 e. The van der Waals surface area contributed by atoms with Crippen LogP contribution in [0.4, 0.5) is 45.5 Å². The highest BCUT2D eigenvalue weighted by Crippen LogP contribution is 2.32. The zero-order chi connectivity index (χ0) is 26.5. The van der Waals surface area contributed by atoms with E-state index in [0.717, 1.165) is 37.6 Å². The number of phenolic OH excluding ortho intramolecular Hbond substituents is 2. The molecule has 1 fully saturated rings. The second-order valence-corrected chi connectivity index (χ2v) is 8.90. The van der Waals surface area contributed by atoms with Gasteiger partial charge in [0.05, 0.1) is 11.4 Å². The standard InChI is InChI=1S/C28H28N8O2/c29-19-1-11-25(27(37)17-19)33-31-21-3-7-23(8-4-21)35-13-15-36(16-14-35)24-9-5-22(6-10-24)32-34-26-12-2-20(30)18-28(26)38/h1-12,17-18,37-38H,13-16,29-30H2/b33-31+,34-32+. The van der Waals surface area contributed by atoms with Crippen molar-refractivity contribution < 1.29 is 10.2 Å². The number of azo groups is 2. The van der Waals surface area contributed by atoms with Gasteiger partial charge < -0.3 is 31.5 Å². The smallest absolute Gasteiger partial charge is 0.145 e. The Morgan fingerprint density at radius 3 is 1.21 bits per heavy atom. The normalized spacial score (nSPS) is 14.0. The molecule has 0 aliphatic carbocycles. The van der Waals surface area contributed by atoms with Gasteiger partial charge in [-0.1, -0.05) is 0 Å². The van der Waals surface area contributed by atoms with Crippen LogP contribution in [0, 0.1) is 0 Å². The lowest BCUT2D eigenvalue weighted by Gasteiger charge is -2.37. The Kier molecular flexibility index (Phi) is 7.03. The molecule has 1 saturated heterocycles. The number of hydrogen-bond donors (Lipinski definition) is 4. The molecule has 0 radical (unpaired) electrons. The summed E-state index contributed by atoms with van der Waals surface area (Å²) in [5.41, 5.74) is 16.6. The Morgan fingerprint density at radius 2 is 0.868 bits per heavy atom. The molecular weight excluding hydrogens is 480 g/mol. The molecule has 5 rings (SSSR count). The first-order valence-corrected chi connectivity index (χ1v) is 12.1. The predicted molar refractivity (Wildman–Crippen MR) is 151 cm³/mol. The monoisotopic (exact) mass is 508 g/mol. The highest BCUT2D eigenvalue weighted by atomic mass is 16.3. The highest BCUT2D eigenvalue weighted by molar-refractivity contribution is 5.60. The van der Waals surface area contributed by atoms with Crippen LogP contribution in [0.2, 0.25) is 0 Å². The van der Waals surface area contributed by atoms with Crippen LogP contribution in [0.1, 0.15) is 0 Å². The van der Waals surface area contributed by atoms with Crippen LogP contribution >= 0.6 is 0 Å². The first-order chi connectivity index (χ1) is 18.4. The van der Waals surface area contributed by atoms with Gasteiger partial charge in [0, 0.05) is 61.1 Å². The molecule has 0 unspecified atom stereocenters. The van der Waals surface area contributed by atoms with E-state index in [1.54, 1.807) is 24.3 Å². The average molecular weight is 509 g/mol. The van der Waals surface area contributed by atoms with Gasteiger partial charge in [0.25, 0.3) is 0 Å². The van der Waals surface area contributed by atoms with Crippen LogP contribution in [-0.2, 0) is 0 Å². The fraction of sp³-hybridized carbons (Fsp3) is 0.143. The zero-order valence-electron chi connectivity index (χ0n) is 20.6. The lowest BCUT2D eigenvalue weighted by Crippen LogP contribution is -2.46. The maximum Gasteiger partial charge on any atom is 0.145 e. The quantitative estimate of drug-likeness (QED) is 0.174. The maximum absolute atomic E-state index is 9.92. The Labute approximate surface area is 220 Å². The zero-order valence-corrected chi connectivity index (χ0v) is 20.6. The summed E-state index contributed by atoms with van der Waals surface area (Å²) in [5.74, 6) is 0.00135. The first-order valence-electron chi connectivity index (χ1n) is 12.1. The highest BCUT2D eigenvalue weighted by Gasteiger charge is 2.17. The molecule has 0 spiro atoms. The predicted octanol–water partition coefficient (Wildman–Crippen LogP) is 6.42. The lowest BCUT2D eigenvalue weighted by molar-refractivity contribution is 0.476. The number of nitrogen functional groups attached to an aromatic ring is 2. The molecule has 10 heteroatoms. The molecule has 4 aromatic carbocycles. The van der Waals surface area contributed by atoms with E-state index in [-0.39, 0.29) is 11.5 Å². The number of phenols is 2. The number of piperazine rings is 1. The molecular formula is C28H28N8O2. The SMILES string of the molecule is Nc1ccc(/N=N/c2ccc(N3CCN(c4ccc(/N=N/c5ccc(N)cc5O)cc4)CC3)cc2)c(O)c1. The molecule has 38 heavy (non-hydrogen) atoms. The molecule has 10 nitrogen and oxygen atoms in total. The van der Waals surface area contributed by atoms with E-state index in [1.807, 2.05) is 48.5 Å². The van der Waals surface area contributed by atoms with Crippen molar-refractivity contribution in [2.24, 2.45) is 20.5 Å². The van der Waals surface area contributed by atoms with Crippen LogP contribution in [0.25, 0.3) is 0 Å². The topological polar surface area (TPSA) is 148 Å². The van der Waals surface area contributed by atoms with E-state index in [2.05, 4.69) is 30.3 Å². The van der Waals surface area contributed by atoms with Crippen molar-refractivity contribution in [3.05, 3.63) is 84.9 Å². The van der Waals surface area contributed by atoms with Gasteiger partial charge >= 0.3 is 0 Å². The molecule has 1 aliphatic rings. The number of hydrogen-bond acceptors (Lipinski definition) is 10. The van der Waals surface area contributed by atoms with Crippen LogP contribution in [0.3, 0.4) is 0 Å². The van der Waals surface area contributed by atoms with Crippen molar-refractivity contribution in [2.75, 3.05) is 47.4 Å². The van der Waals surface area contributed by atoms with Gasteiger partial charge in [-0.3, -0.25) is 0 Å². The summed E-state index contributed by atoms with van der Waals surface area (Å²) in [6.07, 6.45) is 0. The fourth-order valence-corrected chi connectivity index (χ4v) is 4.16. The third kappa shape index (κ3) is 5.81. The third-order valence-electron chi connectivity index (χ3n) is 6.25. The Bertz CT molecular complexity index is 1350. The number of nitrogens with zero attached hydrogens (tertiary/aromatic N) is 6. The second kappa shape index (κ2) is 10.9. The summed E-state index contributed by atoms with van der Waals surface area (Å²) in [7, 11) is 0. The van der Waals surface area contributed by atoms with Crippen molar-refractivity contribution in [1.29, 1.82) is 0 Å². The van der Waals surface area contributed by atoms with Crippen molar-refractivity contribution >= 4 is 45.5 Å².